The Kier molecular flexibility index (Phi) is 34.1. The molecule has 4 saturated heterocycles. The summed E-state index contributed by atoms with van der Waals surface area (Å²) in [6.07, 6.45) is 14.4. The summed E-state index contributed by atoms with van der Waals surface area (Å²) >= 11 is 3.01. The number of hydrogen-bond acceptors (Lipinski definition) is 20. The Labute approximate surface area is 504 Å². The number of aliphatic hydroxyl groups is 3. The summed E-state index contributed by atoms with van der Waals surface area (Å²) < 4.78 is 79.2. The molecular formula is C56H76BrF2N13O12S. The van der Waals surface area contributed by atoms with E-state index in [9.17, 15) is 26.8 Å². The molecule has 25 nitrogen and oxygen atoms in total. The van der Waals surface area contributed by atoms with Crippen molar-refractivity contribution in [2.24, 2.45) is 5.11 Å². The van der Waals surface area contributed by atoms with Gasteiger partial charge in [0.2, 0.25) is 0 Å². The average molecular weight is 1270 g/mol. The van der Waals surface area contributed by atoms with Crippen LogP contribution in [0.15, 0.2) is 76.9 Å². The number of benzene rings is 3. The zero-order valence-corrected chi connectivity index (χ0v) is 50.6. The number of anilines is 4. The van der Waals surface area contributed by atoms with Gasteiger partial charge in [-0.25, -0.2) is 23.1 Å². The van der Waals surface area contributed by atoms with Crippen molar-refractivity contribution in [1.82, 2.24) is 30.1 Å². The molecule has 0 unspecified atom stereocenters. The van der Waals surface area contributed by atoms with Gasteiger partial charge in [-0.1, -0.05) is 61.7 Å². The fraction of sp³-hybridized carbons (Fsp3) is 0.500. The first-order valence-electron chi connectivity index (χ1n) is 26.7. The number of morpholine rings is 2. The number of halogens is 3. The quantitative estimate of drug-likeness (QED) is 0.0242. The van der Waals surface area contributed by atoms with E-state index < -0.39 is 40.3 Å². The Bertz CT molecular complexity index is 2930. The lowest BCUT2D eigenvalue weighted by Crippen LogP contribution is -2.36. The van der Waals surface area contributed by atoms with E-state index in [2.05, 4.69) is 63.5 Å². The van der Waals surface area contributed by atoms with E-state index in [4.69, 9.17) is 59.1 Å². The number of azide groups is 1. The number of rotatable bonds is 20. The van der Waals surface area contributed by atoms with E-state index in [1.807, 2.05) is 40.6 Å². The molecule has 3 aromatic carbocycles. The lowest BCUT2D eigenvalue weighted by molar-refractivity contribution is 0.122. The van der Waals surface area contributed by atoms with Crippen LogP contribution in [0, 0.1) is 55.6 Å². The number of cyclic esters (lactones) is 2. The summed E-state index contributed by atoms with van der Waals surface area (Å²) in [6.45, 7) is 11.0. The molecule has 0 bridgehead atoms. The largest absolute Gasteiger partial charge is 0.444 e. The fourth-order valence-electron chi connectivity index (χ4n) is 7.87. The molecule has 85 heavy (non-hydrogen) atoms. The van der Waals surface area contributed by atoms with Crippen molar-refractivity contribution >= 4 is 61.0 Å². The predicted molar refractivity (Wildman–Crippen MR) is 322 cm³/mol. The predicted octanol–water partition coefficient (Wildman–Crippen LogP) is 4.09. The average Bonchev–Trinajstić information content (AvgIpc) is 4.46. The van der Waals surface area contributed by atoms with Crippen LogP contribution < -0.4 is 24.9 Å². The van der Waals surface area contributed by atoms with E-state index in [0.717, 1.165) is 11.3 Å². The number of alkyl halides is 1. The summed E-state index contributed by atoms with van der Waals surface area (Å²) in [4.78, 5) is 37.4. The SMILES string of the molecule is C#CCBr.C#CCN(C)CCO.C#CCOS(=O)(=O)c1ccc(C)cc1.CN(CCO)Cc1cn(C[C@H]2CN(c3ccc(N4CCOCC4)c(F)c3)C(=O)O2)nn1.CNCCO.[N-]=[N+]=NC[C@H]1CN(c2ccc(N3CCOCC3)c(F)c2)C(=O)O1. The van der Waals surface area contributed by atoms with Gasteiger partial charge in [-0.2, -0.15) is 8.42 Å². The van der Waals surface area contributed by atoms with Crippen molar-refractivity contribution in [2.45, 2.75) is 37.1 Å². The number of hydrogen-bond donors (Lipinski definition) is 4. The van der Waals surface area contributed by atoms with Gasteiger partial charge in [0.05, 0.1) is 118 Å². The highest BCUT2D eigenvalue weighted by Gasteiger charge is 2.34. The fourth-order valence-corrected chi connectivity index (χ4v) is 8.70. The Morgan fingerprint density at radius 1 is 0.812 bits per heavy atom. The molecule has 29 heteroatoms. The molecule has 4 N–H and O–H groups in total. The number of nitrogens with one attached hydrogen (secondary N) is 1. The summed E-state index contributed by atoms with van der Waals surface area (Å²) in [5.41, 5.74) is 12.0. The van der Waals surface area contributed by atoms with Crippen LogP contribution in [0.4, 0.5) is 41.1 Å². The minimum absolute atomic E-state index is 0.0626. The number of nitrogens with zero attached hydrogens (tertiary/aromatic N) is 12. The maximum atomic E-state index is 14.7. The molecule has 0 saturated carbocycles. The maximum Gasteiger partial charge on any atom is 0.414 e. The molecular weight excluding hydrogens is 1200 g/mol. The van der Waals surface area contributed by atoms with Gasteiger partial charge < -0.3 is 49.4 Å². The van der Waals surface area contributed by atoms with Crippen molar-refractivity contribution in [1.29, 1.82) is 0 Å². The normalized spacial score (nSPS) is 16.2. The first kappa shape index (κ1) is 72.1. The second-order valence-corrected chi connectivity index (χ2v) is 20.7. The number of aromatic nitrogens is 3. The van der Waals surface area contributed by atoms with Crippen molar-refractivity contribution in [3.8, 4) is 37.0 Å². The molecule has 4 aromatic rings. The topological polar surface area (TPSA) is 286 Å². The van der Waals surface area contributed by atoms with E-state index in [1.165, 1.54) is 34.1 Å². The molecule has 8 rings (SSSR count). The van der Waals surface area contributed by atoms with Crippen LogP contribution in [0.3, 0.4) is 0 Å². The van der Waals surface area contributed by atoms with Crippen LogP contribution in [0.5, 0.6) is 0 Å². The zero-order valence-electron chi connectivity index (χ0n) is 48.2. The summed E-state index contributed by atoms with van der Waals surface area (Å²) in [6, 6.07) is 15.8. The molecule has 4 aliphatic heterocycles. The second-order valence-electron chi connectivity index (χ2n) is 18.6. The van der Waals surface area contributed by atoms with Crippen molar-refractivity contribution < 1.29 is 65.2 Å². The third kappa shape index (κ3) is 25.9. The lowest BCUT2D eigenvalue weighted by Gasteiger charge is -2.29. The number of ether oxygens (including phenoxy) is 4. The van der Waals surface area contributed by atoms with Crippen LogP contribution in [0.1, 0.15) is 11.3 Å². The minimum Gasteiger partial charge on any atom is -0.444 e. The van der Waals surface area contributed by atoms with Crippen LogP contribution in [0.25, 0.3) is 10.4 Å². The standard InChI is InChI=1S/C20H27FN6O4.C14H16FN5O3.C10H10O3S.C6H11NO.C3H3Br.C3H9NO/c1-24(4-7-28)11-15-12-26(23-22-15)13-17-14-27(20(29)31-17)16-2-3-19(18(21)10-16)25-5-8-30-9-6-25;15-12-7-10(1-2-13(12)19-3-5-22-6-4-19)20-9-11(8-17-18-16)23-14(20)21;1-3-8-13-14(11,12)10-6-4-9(2)5-7-10;1-3-4-7(2)5-6-8;1-2-3-4;1-4-2-3-5/h2-3,10,12,17,28H,4-9,11,13-14H2,1H3;1-2,7,11H,3-6,8-9H2;1,4-7H,8H2,2H3;1,8H,4-6H2,2H3;1H,3H2;4-5H,2-3H2,1H3/t17-;11-;;;;/m00..../s1. The molecule has 0 aliphatic carbocycles. The summed E-state index contributed by atoms with van der Waals surface area (Å²) in [7, 11) is 1.88. The second kappa shape index (κ2) is 40.2. The van der Waals surface area contributed by atoms with Crippen molar-refractivity contribution in [3.05, 3.63) is 100 Å². The smallest absolute Gasteiger partial charge is 0.414 e. The number of aryl methyl sites for hydroxylation is 1. The molecule has 2 amide bonds. The number of carbonyl (C=O) groups is 2. The first-order chi connectivity index (χ1) is 40.9. The molecule has 0 spiro atoms. The Balaban J connectivity index is 0.000000306. The number of amides is 2. The van der Waals surface area contributed by atoms with Crippen molar-refractivity contribution in [2.75, 3.05) is 171 Å². The van der Waals surface area contributed by atoms with Gasteiger partial charge in [-0.05, 0) is 82.1 Å². The Hall–Kier alpha value is -7.14. The van der Waals surface area contributed by atoms with Gasteiger partial charge in [0.25, 0.3) is 10.1 Å². The van der Waals surface area contributed by atoms with Gasteiger partial charge >= 0.3 is 12.2 Å². The third-order valence-corrected chi connectivity index (χ3v) is 13.7. The van der Waals surface area contributed by atoms with E-state index >= 15 is 0 Å². The maximum absolute atomic E-state index is 14.7. The Morgan fingerprint density at radius 2 is 1.33 bits per heavy atom. The monoisotopic (exact) mass is 1270 g/mol. The summed E-state index contributed by atoms with van der Waals surface area (Å²) in [5, 5.41) is 40.4. The van der Waals surface area contributed by atoms with Crippen LogP contribution >= 0.6 is 15.9 Å². The first-order valence-corrected chi connectivity index (χ1v) is 29.2. The number of aliphatic hydroxyl groups excluding tert-OH is 3. The third-order valence-electron chi connectivity index (χ3n) is 12.1. The molecule has 2 atom stereocenters. The van der Waals surface area contributed by atoms with Gasteiger partial charge in [-0.15, -0.1) is 24.4 Å². The number of terminal acetylenes is 3. The minimum atomic E-state index is -3.68. The molecule has 4 fully saturated rings. The van der Waals surface area contributed by atoms with Crippen LogP contribution in [-0.2, 0) is 46.3 Å². The highest BCUT2D eigenvalue weighted by molar-refractivity contribution is 9.09. The molecule has 5 heterocycles. The van der Waals surface area contributed by atoms with Gasteiger partial charge in [0.1, 0.15) is 30.4 Å². The summed E-state index contributed by atoms with van der Waals surface area (Å²) in [5.74, 6) is 6.15. The Morgan fingerprint density at radius 3 is 1.78 bits per heavy atom. The van der Waals surface area contributed by atoms with E-state index in [-0.39, 0.29) is 50.2 Å². The highest BCUT2D eigenvalue weighted by atomic mass is 79.9. The van der Waals surface area contributed by atoms with E-state index in [1.54, 1.807) is 54.3 Å². The molecule has 1 aromatic heterocycles. The van der Waals surface area contributed by atoms with Crippen molar-refractivity contribution in [3.63, 3.8) is 0 Å². The lowest BCUT2D eigenvalue weighted by atomic mass is 10.2. The van der Waals surface area contributed by atoms with Gasteiger partial charge in [-0.3, -0.25) is 23.8 Å². The zero-order chi connectivity index (χ0) is 62.6. The highest BCUT2D eigenvalue weighted by Crippen LogP contribution is 2.30. The molecule has 464 valence electrons. The van der Waals surface area contributed by atoms with Crippen LogP contribution in [0.2, 0.25) is 0 Å². The number of likely N-dealkylation sites (N-methyl/N-ethyl adjacent to an activating group) is 3. The van der Waals surface area contributed by atoms with Gasteiger partial charge in [0.15, 0.2) is 0 Å². The van der Waals surface area contributed by atoms with Gasteiger partial charge in [0, 0.05) is 63.5 Å². The van der Waals surface area contributed by atoms with E-state index in [0.29, 0.717) is 126 Å². The molecule has 4 aliphatic rings. The number of carbonyl (C=O) groups excluding carboxylic acids is 2. The molecule has 0 radical (unpaired) electrons. The van der Waals surface area contributed by atoms with Crippen LogP contribution in [-0.4, -0.2) is 224 Å².